The molecule has 0 radical (unpaired) electrons. The highest BCUT2D eigenvalue weighted by atomic mass is 32.2. The minimum atomic E-state index is -3.54. The minimum absolute atomic E-state index is 0.228. The van der Waals surface area contributed by atoms with Crippen molar-refractivity contribution >= 4 is 15.9 Å². The van der Waals surface area contributed by atoms with Crippen LogP contribution in [0.25, 0.3) is 0 Å². The van der Waals surface area contributed by atoms with Crippen molar-refractivity contribution in [3.63, 3.8) is 0 Å². The first kappa shape index (κ1) is 17.9. The number of aryl methyl sites for hydroxylation is 1. The predicted octanol–water partition coefficient (Wildman–Crippen LogP) is 1.25. The second kappa shape index (κ2) is 7.90. The molecule has 6 nitrogen and oxygen atoms in total. The summed E-state index contributed by atoms with van der Waals surface area (Å²) >= 11 is 0. The summed E-state index contributed by atoms with van der Waals surface area (Å²) < 4.78 is 27.2. The average Bonchev–Trinajstić information content (AvgIpc) is 2.56. The van der Waals surface area contributed by atoms with Crippen molar-refractivity contribution in [2.45, 2.75) is 37.5 Å². The molecule has 0 saturated carbocycles. The fourth-order valence-electron chi connectivity index (χ4n) is 2.67. The van der Waals surface area contributed by atoms with Gasteiger partial charge in [-0.2, -0.15) is 4.31 Å². The molecule has 1 fully saturated rings. The second-order valence-electron chi connectivity index (χ2n) is 5.84. The molecule has 0 unspecified atom stereocenters. The lowest BCUT2D eigenvalue weighted by Crippen LogP contribution is -2.36. The minimum Gasteiger partial charge on any atom is -0.352 e. The zero-order valence-corrected chi connectivity index (χ0v) is 14.4. The molecular formula is C16H25N3O3S. The Morgan fingerprint density at radius 2 is 1.96 bits per heavy atom. The molecular weight excluding hydrogens is 314 g/mol. The van der Waals surface area contributed by atoms with Gasteiger partial charge in [-0.25, -0.2) is 8.42 Å². The molecule has 0 aliphatic carbocycles. The molecule has 0 atom stereocenters. The molecule has 3 N–H and O–H groups in total. The number of hydrogen-bond donors (Lipinski definition) is 2. The quantitative estimate of drug-likeness (QED) is 0.763. The normalized spacial score (nSPS) is 16.3. The van der Waals surface area contributed by atoms with Gasteiger partial charge in [-0.05, 0) is 50.4 Å². The van der Waals surface area contributed by atoms with Crippen molar-refractivity contribution in [3.05, 3.63) is 29.3 Å². The maximum absolute atomic E-state index is 12.8. The van der Waals surface area contributed by atoms with E-state index in [9.17, 15) is 13.2 Å². The number of carbonyl (C=O) groups excluding carboxylic acids is 1. The Hall–Kier alpha value is -1.44. The highest BCUT2D eigenvalue weighted by Gasteiger charge is 2.28. The number of carbonyl (C=O) groups is 1. The molecule has 0 bridgehead atoms. The Bertz CT molecular complexity index is 653. The topological polar surface area (TPSA) is 92.5 Å². The van der Waals surface area contributed by atoms with E-state index in [-0.39, 0.29) is 10.8 Å². The molecule has 1 heterocycles. The summed E-state index contributed by atoms with van der Waals surface area (Å²) in [5.74, 6) is -0.270. The molecule has 1 aromatic carbocycles. The van der Waals surface area contributed by atoms with E-state index in [1.165, 1.54) is 10.4 Å². The monoisotopic (exact) mass is 339 g/mol. The molecule has 0 spiro atoms. The van der Waals surface area contributed by atoms with Gasteiger partial charge in [-0.1, -0.05) is 12.5 Å². The van der Waals surface area contributed by atoms with Crippen LogP contribution in [0.4, 0.5) is 0 Å². The van der Waals surface area contributed by atoms with E-state index < -0.39 is 10.0 Å². The number of nitrogens with two attached hydrogens (primary N) is 1. The Morgan fingerprint density at radius 3 is 2.61 bits per heavy atom. The zero-order chi connectivity index (χ0) is 16.9. The van der Waals surface area contributed by atoms with E-state index in [1.54, 1.807) is 19.1 Å². The van der Waals surface area contributed by atoms with E-state index >= 15 is 0 Å². The Kier molecular flexibility index (Phi) is 6.15. The van der Waals surface area contributed by atoms with Gasteiger partial charge in [0, 0.05) is 25.2 Å². The maximum Gasteiger partial charge on any atom is 0.251 e. The standard InChI is InChI=1S/C16H25N3O3S/c1-13-6-7-14(16(20)18-9-5-8-17)12-15(13)23(21,22)19-10-3-2-4-11-19/h6-7,12H,2-5,8-11,17H2,1H3,(H,18,20). The summed E-state index contributed by atoms with van der Waals surface area (Å²) in [5, 5.41) is 2.75. The average molecular weight is 339 g/mol. The van der Waals surface area contributed by atoms with Crippen LogP contribution in [0.15, 0.2) is 23.1 Å². The first-order valence-corrected chi connectivity index (χ1v) is 9.50. The Morgan fingerprint density at radius 1 is 1.26 bits per heavy atom. The highest BCUT2D eigenvalue weighted by Crippen LogP contribution is 2.24. The van der Waals surface area contributed by atoms with Crippen molar-refractivity contribution < 1.29 is 13.2 Å². The third-order valence-electron chi connectivity index (χ3n) is 4.05. The van der Waals surface area contributed by atoms with Crippen LogP contribution in [0.1, 0.15) is 41.6 Å². The lowest BCUT2D eigenvalue weighted by Gasteiger charge is -2.26. The largest absolute Gasteiger partial charge is 0.352 e. The van der Waals surface area contributed by atoms with Gasteiger partial charge in [0.1, 0.15) is 0 Å². The number of nitrogens with zero attached hydrogens (tertiary/aromatic N) is 1. The molecule has 1 amide bonds. The number of piperidine rings is 1. The summed E-state index contributed by atoms with van der Waals surface area (Å²) in [4.78, 5) is 12.4. The van der Waals surface area contributed by atoms with Crippen LogP contribution < -0.4 is 11.1 Å². The first-order valence-electron chi connectivity index (χ1n) is 8.06. The molecule has 1 aromatic rings. The van der Waals surface area contributed by atoms with Gasteiger partial charge in [-0.3, -0.25) is 4.79 Å². The second-order valence-corrected chi connectivity index (χ2v) is 7.75. The van der Waals surface area contributed by atoms with Crippen LogP contribution in [0, 0.1) is 6.92 Å². The van der Waals surface area contributed by atoms with Gasteiger partial charge in [0.2, 0.25) is 10.0 Å². The van der Waals surface area contributed by atoms with Gasteiger partial charge in [0.15, 0.2) is 0 Å². The molecule has 2 rings (SSSR count). The van der Waals surface area contributed by atoms with Crippen LogP contribution in [0.2, 0.25) is 0 Å². The SMILES string of the molecule is Cc1ccc(C(=O)NCCCN)cc1S(=O)(=O)N1CCCCC1. The van der Waals surface area contributed by atoms with E-state index in [4.69, 9.17) is 5.73 Å². The number of benzene rings is 1. The lowest BCUT2D eigenvalue weighted by molar-refractivity contribution is 0.0953. The number of rotatable bonds is 6. The van der Waals surface area contributed by atoms with Gasteiger partial charge in [0.05, 0.1) is 4.90 Å². The van der Waals surface area contributed by atoms with E-state index in [0.29, 0.717) is 43.7 Å². The molecule has 1 saturated heterocycles. The molecule has 23 heavy (non-hydrogen) atoms. The van der Waals surface area contributed by atoms with Gasteiger partial charge >= 0.3 is 0 Å². The van der Waals surface area contributed by atoms with Gasteiger partial charge in [-0.15, -0.1) is 0 Å². The van der Waals surface area contributed by atoms with E-state index in [0.717, 1.165) is 19.3 Å². The third-order valence-corrected chi connectivity index (χ3v) is 6.09. The van der Waals surface area contributed by atoms with Crippen LogP contribution in [0.5, 0.6) is 0 Å². The molecule has 128 valence electrons. The highest BCUT2D eigenvalue weighted by molar-refractivity contribution is 7.89. The number of hydrogen-bond acceptors (Lipinski definition) is 4. The van der Waals surface area contributed by atoms with Crippen molar-refractivity contribution in [1.29, 1.82) is 0 Å². The fraction of sp³-hybridized carbons (Fsp3) is 0.562. The third kappa shape index (κ3) is 4.31. The predicted molar refractivity (Wildman–Crippen MR) is 89.8 cm³/mol. The summed E-state index contributed by atoms with van der Waals surface area (Å²) in [5.41, 5.74) is 6.43. The molecule has 1 aliphatic rings. The summed E-state index contributed by atoms with van der Waals surface area (Å²) in [7, 11) is -3.54. The number of amides is 1. The van der Waals surface area contributed by atoms with Crippen molar-refractivity contribution in [2.24, 2.45) is 5.73 Å². The van der Waals surface area contributed by atoms with Crippen LogP contribution in [-0.2, 0) is 10.0 Å². The number of nitrogens with one attached hydrogen (secondary N) is 1. The van der Waals surface area contributed by atoms with Crippen LogP contribution in [0.3, 0.4) is 0 Å². The Labute approximate surface area is 138 Å². The van der Waals surface area contributed by atoms with E-state index in [1.807, 2.05) is 0 Å². The van der Waals surface area contributed by atoms with Crippen molar-refractivity contribution in [1.82, 2.24) is 9.62 Å². The molecule has 7 heteroatoms. The zero-order valence-electron chi connectivity index (χ0n) is 13.5. The van der Waals surface area contributed by atoms with Crippen LogP contribution >= 0.6 is 0 Å². The Balaban J connectivity index is 2.24. The fourth-order valence-corrected chi connectivity index (χ4v) is 4.44. The van der Waals surface area contributed by atoms with Crippen molar-refractivity contribution in [2.75, 3.05) is 26.2 Å². The van der Waals surface area contributed by atoms with Crippen LogP contribution in [-0.4, -0.2) is 44.8 Å². The van der Waals surface area contributed by atoms with Gasteiger partial charge in [0.25, 0.3) is 5.91 Å². The summed E-state index contributed by atoms with van der Waals surface area (Å²) in [6.07, 6.45) is 3.53. The summed E-state index contributed by atoms with van der Waals surface area (Å²) in [6.45, 7) is 3.84. The first-order chi connectivity index (χ1) is 11.0. The lowest BCUT2D eigenvalue weighted by atomic mass is 10.1. The van der Waals surface area contributed by atoms with E-state index in [2.05, 4.69) is 5.32 Å². The molecule has 1 aliphatic heterocycles. The maximum atomic E-state index is 12.8. The van der Waals surface area contributed by atoms with Crippen molar-refractivity contribution in [3.8, 4) is 0 Å². The number of sulfonamides is 1. The smallest absolute Gasteiger partial charge is 0.251 e. The summed E-state index contributed by atoms with van der Waals surface area (Å²) in [6, 6.07) is 4.83. The van der Waals surface area contributed by atoms with Gasteiger partial charge < -0.3 is 11.1 Å². The molecule has 0 aromatic heterocycles.